The Hall–Kier alpha value is -1.65. The second-order valence-corrected chi connectivity index (χ2v) is 3.49. The zero-order chi connectivity index (χ0) is 10.8. The number of nitrogens with zero attached hydrogens (tertiary/aromatic N) is 3. The van der Waals surface area contributed by atoms with Crippen molar-refractivity contribution in [1.29, 1.82) is 0 Å². The molecule has 76 valence electrons. The van der Waals surface area contributed by atoms with Crippen molar-refractivity contribution in [2.45, 2.75) is 19.4 Å². The zero-order valence-electron chi connectivity index (χ0n) is 8.43. The van der Waals surface area contributed by atoms with Gasteiger partial charge in [0.1, 0.15) is 11.4 Å². The van der Waals surface area contributed by atoms with Crippen molar-refractivity contribution in [2.75, 3.05) is 11.9 Å². The summed E-state index contributed by atoms with van der Waals surface area (Å²) in [4.78, 5) is 20.4. The minimum atomic E-state index is -0.990. The third kappa shape index (κ3) is 1.81. The first-order chi connectivity index (χ1) is 6.46. The molecule has 0 spiro atoms. The van der Waals surface area contributed by atoms with E-state index in [-0.39, 0.29) is 0 Å². The zero-order valence-corrected chi connectivity index (χ0v) is 8.43. The van der Waals surface area contributed by atoms with E-state index in [1.165, 1.54) is 12.4 Å². The molecule has 5 nitrogen and oxygen atoms in total. The highest BCUT2D eigenvalue weighted by Crippen LogP contribution is 2.18. The van der Waals surface area contributed by atoms with Gasteiger partial charge in [0.05, 0.1) is 6.20 Å². The molecule has 1 rings (SSSR count). The van der Waals surface area contributed by atoms with Gasteiger partial charge in [-0.05, 0) is 13.8 Å². The van der Waals surface area contributed by atoms with Crippen LogP contribution in [0.15, 0.2) is 18.6 Å². The first-order valence-corrected chi connectivity index (χ1v) is 4.19. The predicted octanol–water partition coefficient (Wildman–Crippen LogP) is 0.776. The van der Waals surface area contributed by atoms with E-state index >= 15 is 0 Å². The van der Waals surface area contributed by atoms with Crippen molar-refractivity contribution in [3.63, 3.8) is 0 Å². The minimum Gasteiger partial charge on any atom is -0.480 e. The van der Waals surface area contributed by atoms with Crippen molar-refractivity contribution in [2.24, 2.45) is 0 Å². The molecule has 1 heterocycles. The summed E-state index contributed by atoms with van der Waals surface area (Å²) < 4.78 is 0. The Morgan fingerprint density at radius 1 is 1.50 bits per heavy atom. The van der Waals surface area contributed by atoms with E-state index in [0.29, 0.717) is 5.82 Å². The molecule has 0 radical (unpaired) electrons. The molecule has 0 aliphatic rings. The molecule has 0 aliphatic carbocycles. The summed E-state index contributed by atoms with van der Waals surface area (Å²) in [6.45, 7) is 3.23. The highest BCUT2D eigenvalue weighted by Gasteiger charge is 2.32. The van der Waals surface area contributed by atoms with Crippen LogP contribution in [0.4, 0.5) is 5.82 Å². The highest BCUT2D eigenvalue weighted by molar-refractivity contribution is 5.81. The fraction of sp³-hybridized carbons (Fsp3) is 0.444. The molecule has 0 unspecified atom stereocenters. The van der Waals surface area contributed by atoms with Gasteiger partial charge in [-0.3, -0.25) is 4.98 Å². The number of hydrogen-bond acceptors (Lipinski definition) is 4. The van der Waals surface area contributed by atoms with Crippen LogP contribution in [-0.4, -0.2) is 33.6 Å². The van der Waals surface area contributed by atoms with Crippen LogP contribution in [0.3, 0.4) is 0 Å². The number of carboxylic acids is 1. The molecule has 1 aromatic rings. The van der Waals surface area contributed by atoms with Crippen molar-refractivity contribution >= 4 is 11.8 Å². The Morgan fingerprint density at radius 3 is 2.57 bits per heavy atom. The Labute approximate surface area is 82.4 Å². The Kier molecular flexibility index (Phi) is 2.69. The summed E-state index contributed by atoms with van der Waals surface area (Å²) in [5.41, 5.74) is -0.990. The second kappa shape index (κ2) is 3.61. The molecule has 1 aromatic heterocycles. The first-order valence-electron chi connectivity index (χ1n) is 4.19. The van der Waals surface area contributed by atoms with E-state index in [1.54, 1.807) is 32.0 Å². The number of carbonyl (C=O) groups is 1. The van der Waals surface area contributed by atoms with Crippen molar-refractivity contribution in [3.8, 4) is 0 Å². The van der Waals surface area contributed by atoms with E-state index in [9.17, 15) is 4.79 Å². The number of aliphatic carboxylic acids is 1. The molecule has 0 saturated carbocycles. The van der Waals surface area contributed by atoms with E-state index < -0.39 is 11.5 Å². The Bertz CT molecular complexity index is 324. The number of rotatable bonds is 3. The monoisotopic (exact) mass is 195 g/mol. The summed E-state index contributed by atoms with van der Waals surface area (Å²) in [5.74, 6) is -0.356. The molecule has 0 saturated heterocycles. The number of anilines is 1. The van der Waals surface area contributed by atoms with Crippen molar-refractivity contribution in [1.82, 2.24) is 9.97 Å². The normalized spacial score (nSPS) is 11.1. The van der Waals surface area contributed by atoms with Crippen LogP contribution in [0, 0.1) is 0 Å². The average Bonchev–Trinajstić information content (AvgIpc) is 2.17. The molecular weight excluding hydrogens is 182 g/mol. The van der Waals surface area contributed by atoms with Gasteiger partial charge in [-0.2, -0.15) is 0 Å². The largest absolute Gasteiger partial charge is 0.480 e. The summed E-state index contributed by atoms with van der Waals surface area (Å²) >= 11 is 0. The van der Waals surface area contributed by atoms with Gasteiger partial charge in [0.2, 0.25) is 0 Å². The fourth-order valence-electron chi connectivity index (χ4n) is 0.894. The standard InChI is InChI=1S/C9H13N3O2/c1-9(2,8(13)14)12(3)7-6-10-4-5-11-7/h4-6H,1-3H3,(H,13,14). The lowest BCUT2D eigenvalue weighted by Gasteiger charge is -2.31. The van der Waals surface area contributed by atoms with Crippen molar-refractivity contribution in [3.05, 3.63) is 18.6 Å². The van der Waals surface area contributed by atoms with Crippen LogP contribution in [0.5, 0.6) is 0 Å². The predicted molar refractivity (Wildman–Crippen MR) is 52.1 cm³/mol. The van der Waals surface area contributed by atoms with Crippen LogP contribution in [0.2, 0.25) is 0 Å². The fourth-order valence-corrected chi connectivity index (χ4v) is 0.894. The molecule has 0 aliphatic heterocycles. The third-order valence-corrected chi connectivity index (χ3v) is 2.26. The lowest BCUT2D eigenvalue weighted by Crippen LogP contribution is -2.48. The van der Waals surface area contributed by atoms with Gasteiger partial charge < -0.3 is 10.0 Å². The van der Waals surface area contributed by atoms with Crippen LogP contribution >= 0.6 is 0 Å². The SMILES string of the molecule is CN(c1cnccn1)C(C)(C)C(=O)O. The molecule has 5 heteroatoms. The highest BCUT2D eigenvalue weighted by atomic mass is 16.4. The van der Waals surface area contributed by atoms with Gasteiger partial charge in [0.25, 0.3) is 0 Å². The Balaban J connectivity index is 2.96. The Morgan fingerprint density at radius 2 is 2.14 bits per heavy atom. The summed E-state index contributed by atoms with van der Waals surface area (Å²) in [7, 11) is 1.68. The van der Waals surface area contributed by atoms with E-state index in [0.717, 1.165) is 0 Å². The molecule has 1 N–H and O–H groups in total. The molecular formula is C9H13N3O2. The van der Waals surface area contributed by atoms with Gasteiger partial charge in [-0.15, -0.1) is 0 Å². The molecule has 0 atom stereocenters. The van der Waals surface area contributed by atoms with Crippen LogP contribution in [0.25, 0.3) is 0 Å². The van der Waals surface area contributed by atoms with E-state index in [2.05, 4.69) is 9.97 Å². The molecule has 0 fully saturated rings. The number of likely N-dealkylation sites (N-methyl/N-ethyl adjacent to an activating group) is 1. The van der Waals surface area contributed by atoms with Crippen LogP contribution in [0.1, 0.15) is 13.8 Å². The maximum Gasteiger partial charge on any atom is 0.328 e. The molecule has 0 aromatic carbocycles. The summed E-state index contributed by atoms with van der Waals surface area (Å²) in [6, 6.07) is 0. The smallest absolute Gasteiger partial charge is 0.328 e. The second-order valence-electron chi connectivity index (χ2n) is 3.49. The topological polar surface area (TPSA) is 66.3 Å². The quantitative estimate of drug-likeness (QED) is 0.771. The van der Waals surface area contributed by atoms with Gasteiger partial charge in [0.15, 0.2) is 0 Å². The van der Waals surface area contributed by atoms with Crippen LogP contribution < -0.4 is 4.90 Å². The maximum absolute atomic E-state index is 10.9. The lowest BCUT2D eigenvalue weighted by molar-refractivity contribution is -0.142. The number of carboxylic acid groups (broad SMARTS) is 1. The van der Waals surface area contributed by atoms with Gasteiger partial charge in [-0.25, -0.2) is 9.78 Å². The minimum absolute atomic E-state index is 0.542. The first kappa shape index (κ1) is 10.4. The average molecular weight is 195 g/mol. The summed E-state index contributed by atoms with van der Waals surface area (Å²) in [5, 5.41) is 8.98. The van der Waals surface area contributed by atoms with Crippen LogP contribution in [-0.2, 0) is 4.79 Å². The van der Waals surface area contributed by atoms with Gasteiger partial charge in [-0.1, -0.05) is 0 Å². The lowest BCUT2D eigenvalue weighted by atomic mass is 10.0. The summed E-state index contributed by atoms with van der Waals surface area (Å²) in [6.07, 6.45) is 4.61. The third-order valence-electron chi connectivity index (χ3n) is 2.26. The maximum atomic E-state index is 10.9. The number of aromatic nitrogens is 2. The van der Waals surface area contributed by atoms with Gasteiger partial charge in [0, 0.05) is 19.4 Å². The van der Waals surface area contributed by atoms with Crippen molar-refractivity contribution < 1.29 is 9.90 Å². The van der Waals surface area contributed by atoms with E-state index in [1.807, 2.05) is 0 Å². The molecule has 14 heavy (non-hydrogen) atoms. The number of hydrogen-bond donors (Lipinski definition) is 1. The molecule has 0 amide bonds. The van der Waals surface area contributed by atoms with Gasteiger partial charge >= 0.3 is 5.97 Å². The van der Waals surface area contributed by atoms with E-state index in [4.69, 9.17) is 5.11 Å². The molecule has 0 bridgehead atoms.